The van der Waals surface area contributed by atoms with Crippen molar-refractivity contribution in [1.82, 2.24) is 20.1 Å². The van der Waals surface area contributed by atoms with Crippen molar-refractivity contribution < 1.29 is 0 Å². The largest absolute Gasteiger partial charge is 0.310 e. The molecule has 1 unspecified atom stereocenters. The summed E-state index contributed by atoms with van der Waals surface area (Å²) in [7, 11) is 0. The van der Waals surface area contributed by atoms with E-state index in [1.54, 1.807) is 0 Å². The van der Waals surface area contributed by atoms with E-state index in [-0.39, 0.29) is 5.41 Å². The first kappa shape index (κ1) is 14.7. The molecular weight excluding hydrogens is 328 g/mol. The number of rotatable bonds is 3. The van der Waals surface area contributed by atoms with Gasteiger partial charge in [0, 0.05) is 22.3 Å². The van der Waals surface area contributed by atoms with Gasteiger partial charge in [-0.2, -0.15) is 5.10 Å². The molecule has 2 aromatic rings. The normalized spacial score (nSPS) is 20.3. The molecule has 0 amide bonds. The van der Waals surface area contributed by atoms with Gasteiger partial charge in [-0.05, 0) is 52.9 Å². The molecule has 0 fully saturated rings. The monoisotopic (exact) mass is 348 g/mol. The Morgan fingerprint density at radius 2 is 2.19 bits per heavy atom. The number of halogens is 1. The fraction of sp³-hybridized carbons (Fsp3) is 0.500. The Kier molecular flexibility index (Phi) is 3.88. The first-order valence-corrected chi connectivity index (χ1v) is 8.21. The molecule has 0 aliphatic heterocycles. The Morgan fingerprint density at radius 3 is 2.86 bits per heavy atom. The van der Waals surface area contributed by atoms with Crippen LogP contribution in [0, 0.1) is 5.41 Å². The van der Waals surface area contributed by atoms with Crippen molar-refractivity contribution >= 4 is 15.9 Å². The Morgan fingerprint density at radius 1 is 1.38 bits per heavy atom. The third-order valence-electron chi connectivity index (χ3n) is 4.06. The summed E-state index contributed by atoms with van der Waals surface area (Å²) in [5, 5.41) is 8.18. The molecule has 2 aromatic heterocycles. The van der Waals surface area contributed by atoms with Gasteiger partial charge in [0.25, 0.3) is 0 Å². The van der Waals surface area contributed by atoms with Crippen molar-refractivity contribution in [3.05, 3.63) is 40.3 Å². The predicted molar refractivity (Wildman–Crippen MR) is 87.6 cm³/mol. The van der Waals surface area contributed by atoms with E-state index in [1.165, 1.54) is 11.3 Å². The fourth-order valence-electron chi connectivity index (χ4n) is 3.16. The molecule has 21 heavy (non-hydrogen) atoms. The van der Waals surface area contributed by atoms with E-state index >= 15 is 0 Å². The smallest absolute Gasteiger partial charge is 0.153 e. The highest BCUT2D eigenvalue weighted by Crippen LogP contribution is 2.41. The van der Waals surface area contributed by atoms with Crippen LogP contribution in [-0.2, 0) is 6.42 Å². The summed E-state index contributed by atoms with van der Waals surface area (Å²) < 4.78 is 2.98. The van der Waals surface area contributed by atoms with Gasteiger partial charge in [0.1, 0.15) is 0 Å². The summed E-state index contributed by atoms with van der Waals surface area (Å²) in [6.07, 6.45) is 6.00. The average molecular weight is 349 g/mol. The van der Waals surface area contributed by atoms with Crippen molar-refractivity contribution in [2.45, 2.75) is 39.7 Å². The number of aromatic nitrogens is 3. The van der Waals surface area contributed by atoms with Crippen LogP contribution in [0.2, 0.25) is 0 Å². The van der Waals surface area contributed by atoms with E-state index < -0.39 is 0 Å². The molecule has 5 heteroatoms. The molecule has 1 atom stereocenters. The Labute approximate surface area is 134 Å². The van der Waals surface area contributed by atoms with Crippen molar-refractivity contribution in [3.8, 4) is 5.82 Å². The summed E-state index contributed by atoms with van der Waals surface area (Å²) in [5.74, 6) is 0.882. The lowest BCUT2D eigenvalue weighted by atomic mass is 9.74. The van der Waals surface area contributed by atoms with Gasteiger partial charge in [-0.3, -0.25) is 0 Å². The van der Waals surface area contributed by atoms with Crippen LogP contribution in [-0.4, -0.2) is 21.3 Å². The molecule has 4 nitrogen and oxygen atoms in total. The fourth-order valence-corrected chi connectivity index (χ4v) is 3.40. The number of fused-ring (bicyclic) bond motifs is 1. The highest BCUT2D eigenvalue weighted by Gasteiger charge is 2.34. The molecule has 112 valence electrons. The van der Waals surface area contributed by atoms with Crippen molar-refractivity contribution in [2.75, 3.05) is 6.54 Å². The van der Waals surface area contributed by atoms with Gasteiger partial charge in [-0.15, -0.1) is 0 Å². The van der Waals surface area contributed by atoms with Crippen LogP contribution >= 0.6 is 15.9 Å². The number of pyridine rings is 1. The molecule has 0 radical (unpaired) electrons. The molecule has 0 saturated carbocycles. The lowest BCUT2D eigenvalue weighted by Crippen LogP contribution is -2.33. The summed E-state index contributed by atoms with van der Waals surface area (Å²) in [6, 6.07) is 4.39. The molecule has 0 saturated heterocycles. The van der Waals surface area contributed by atoms with Gasteiger partial charge >= 0.3 is 0 Å². The maximum absolute atomic E-state index is 4.59. The van der Waals surface area contributed by atoms with Gasteiger partial charge in [0.2, 0.25) is 0 Å². The average Bonchev–Trinajstić information content (AvgIpc) is 2.82. The maximum atomic E-state index is 4.59. The van der Waals surface area contributed by atoms with Crippen LogP contribution in [0.15, 0.2) is 29.0 Å². The molecule has 1 N–H and O–H groups in total. The van der Waals surface area contributed by atoms with E-state index in [1.807, 2.05) is 29.2 Å². The molecule has 3 rings (SSSR count). The van der Waals surface area contributed by atoms with Gasteiger partial charge in [-0.1, -0.05) is 20.8 Å². The van der Waals surface area contributed by atoms with E-state index in [0.717, 1.165) is 29.7 Å². The summed E-state index contributed by atoms with van der Waals surface area (Å²) in [5.41, 5.74) is 2.88. The van der Waals surface area contributed by atoms with E-state index in [2.05, 4.69) is 52.1 Å². The van der Waals surface area contributed by atoms with Crippen LogP contribution in [0.25, 0.3) is 5.82 Å². The highest BCUT2D eigenvalue weighted by atomic mass is 79.9. The van der Waals surface area contributed by atoms with Crippen LogP contribution in [0.3, 0.4) is 0 Å². The quantitative estimate of drug-likeness (QED) is 0.920. The van der Waals surface area contributed by atoms with Crippen LogP contribution in [0.5, 0.6) is 0 Å². The molecule has 1 aliphatic rings. The minimum Gasteiger partial charge on any atom is -0.310 e. The third kappa shape index (κ3) is 2.90. The molecule has 0 spiro atoms. The van der Waals surface area contributed by atoms with Gasteiger partial charge in [-0.25, -0.2) is 9.67 Å². The van der Waals surface area contributed by atoms with Gasteiger partial charge in [0.05, 0.1) is 11.9 Å². The van der Waals surface area contributed by atoms with E-state index in [4.69, 9.17) is 0 Å². The van der Waals surface area contributed by atoms with Gasteiger partial charge in [0.15, 0.2) is 5.82 Å². The minimum atomic E-state index is 0.271. The van der Waals surface area contributed by atoms with Crippen molar-refractivity contribution in [2.24, 2.45) is 5.41 Å². The van der Waals surface area contributed by atoms with E-state index in [9.17, 15) is 0 Å². The Balaban J connectivity index is 2.04. The lowest BCUT2D eigenvalue weighted by Gasteiger charge is -2.35. The minimum absolute atomic E-state index is 0.271. The molecule has 1 aliphatic carbocycles. The van der Waals surface area contributed by atoms with Crippen molar-refractivity contribution in [3.63, 3.8) is 0 Å². The Bertz CT molecular complexity index is 630. The van der Waals surface area contributed by atoms with Crippen LogP contribution in [0.4, 0.5) is 0 Å². The first-order chi connectivity index (χ1) is 10.00. The van der Waals surface area contributed by atoms with Crippen molar-refractivity contribution in [1.29, 1.82) is 0 Å². The predicted octanol–water partition coefficient (Wildman–Crippen LogP) is 3.65. The summed E-state index contributed by atoms with van der Waals surface area (Å²) in [4.78, 5) is 4.48. The zero-order chi connectivity index (χ0) is 15.0. The maximum Gasteiger partial charge on any atom is 0.153 e. The SMILES string of the molecule is CCNC1CC(C)(C)Cc2c1cnn2-c1ccc(Br)cn1. The van der Waals surface area contributed by atoms with Crippen LogP contribution in [0.1, 0.15) is 44.5 Å². The first-order valence-electron chi connectivity index (χ1n) is 7.42. The van der Waals surface area contributed by atoms with Crippen LogP contribution < -0.4 is 5.32 Å². The summed E-state index contributed by atoms with van der Waals surface area (Å²) in [6.45, 7) is 7.78. The second-order valence-corrected chi connectivity index (χ2v) is 7.36. The second-order valence-electron chi connectivity index (χ2n) is 6.45. The molecule has 0 aromatic carbocycles. The molecule has 0 bridgehead atoms. The Hall–Kier alpha value is -1.20. The van der Waals surface area contributed by atoms with Gasteiger partial charge < -0.3 is 5.32 Å². The van der Waals surface area contributed by atoms with E-state index in [0.29, 0.717) is 6.04 Å². The topological polar surface area (TPSA) is 42.7 Å². The third-order valence-corrected chi connectivity index (χ3v) is 4.53. The standard InChI is InChI=1S/C16H21BrN4/c1-4-18-13-7-16(2,3)8-14-12(13)10-20-21(14)15-6-5-11(17)9-19-15/h5-6,9-10,13,18H,4,7-8H2,1-3H3. The number of nitrogens with zero attached hydrogens (tertiary/aromatic N) is 3. The second kappa shape index (κ2) is 5.54. The molecular formula is C16H21BrN4. The number of hydrogen-bond donors (Lipinski definition) is 1. The number of hydrogen-bond acceptors (Lipinski definition) is 3. The zero-order valence-corrected chi connectivity index (χ0v) is 14.3. The number of nitrogens with one attached hydrogen (secondary N) is 1. The lowest BCUT2D eigenvalue weighted by molar-refractivity contribution is 0.255. The molecule has 2 heterocycles. The zero-order valence-electron chi connectivity index (χ0n) is 12.7. The highest BCUT2D eigenvalue weighted by molar-refractivity contribution is 9.10. The summed E-state index contributed by atoms with van der Waals surface area (Å²) >= 11 is 3.43.